The quantitative estimate of drug-likeness (QED) is 0.745. The van der Waals surface area contributed by atoms with Gasteiger partial charge in [0.2, 0.25) is 0 Å². The minimum absolute atomic E-state index is 0.652. The molecule has 0 saturated carbocycles. The van der Waals surface area contributed by atoms with E-state index in [1.54, 1.807) is 0 Å². The molecule has 1 aromatic rings. The van der Waals surface area contributed by atoms with Gasteiger partial charge in [-0.3, -0.25) is 4.90 Å². The van der Waals surface area contributed by atoms with Gasteiger partial charge in [0.1, 0.15) is 5.82 Å². The summed E-state index contributed by atoms with van der Waals surface area (Å²) in [6.45, 7) is 7.26. The third kappa shape index (κ3) is 4.13. The fourth-order valence-corrected chi connectivity index (χ4v) is 2.33. The lowest BCUT2D eigenvalue weighted by atomic mass is 10.1. The molecule has 0 amide bonds. The van der Waals surface area contributed by atoms with Crippen molar-refractivity contribution in [2.45, 2.75) is 39.2 Å². The molecule has 0 saturated heterocycles. The Kier molecular flexibility index (Phi) is 6.22. The largest absolute Gasteiger partial charge is 0.338 e. The SMILES string of the molecule is CCC(CC)N(CCN)CCc1nccn1C. The average molecular weight is 238 g/mol. The summed E-state index contributed by atoms with van der Waals surface area (Å²) in [5, 5.41) is 0. The molecule has 1 heterocycles. The predicted molar refractivity (Wildman–Crippen MR) is 71.9 cm³/mol. The summed E-state index contributed by atoms with van der Waals surface area (Å²) >= 11 is 0. The van der Waals surface area contributed by atoms with Crippen molar-refractivity contribution in [3.8, 4) is 0 Å². The Bertz CT molecular complexity index is 304. The minimum atomic E-state index is 0.652. The van der Waals surface area contributed by atoms with E-state index in [4.69, 9.17) is 5.73 Å². The maximum absolute atomic E-state index is 5.69. The predicted octanol–water partition coefficient (Wildman–Crippen LogP) is 1.41. The number of hydrogen-bond acceptors (Lipinski definition) is 3. The smallest absolute Gasteiger partial charge is 0.109 e. The zero-order valence-electron chi connectivity index (χ0n) is 11.4. The van der Waals surface area contributed by atoms with Crippen molar-refractivity contribution in [1.29, 1.82) is 0 Å². The first-order chi connectivity index (χ1) is 8.22. The lowest BCUT2D eigenvalue weighted by molar-refractivity contribution is 0.191. The second-order valence-electron chi connectivity index (χ2n) is 4.50. The summed E-state index contributed by atoms with van der Waals surface area (Å²) in [5.74, 6) is 1.15. The van der Waals surface area contributed by atoms with Crippen LogP contribution in [0.25, 0.3) is 0 Å². The molecule has 0 radical (unpaired) electrons. The number of aryl methyl sites for hydroxylation is 1. The van der Waals surface area contributed by atoms with Crippen LogP contribution >= 0.6 is 0 Å². The van der Waals surface area contributed by atoms with Crippen LogP contribution in [0.15, 0.2) is 12.4 Å². The fourth-order valence-electron chi connectivity index (χ4n) is 2.33. The van der Waals surface area contributed by atoms with Crippen molar-refractivity contribution in [2.75, 3.05) is 19.6 Å². The van der Waals surface area contributed by atoms with Crippen molar-refractivity contribution in [2.24, 2.45) is 12.8 Å². The molecular weight excluding hydrogens is 212 g/mol. The van der Waals surface area contributed by atoms with Crippen LogP contribution < -0.4 is 5.73 Å². The number of nitrogens with two attached hydrogens (primary N) is 1. The molecule has 0 aliphatic carbocycles. The number of hydrogen-bond donors (Lipinski definition) is 1. The normalized spacial score (nSPS) is 11.6. The third-order valence-corrected chi connectivity index (χ3v) is 3.42. The zero-order valence-corrected chi connectivity index (χ0v) is 11.4. The number of imidazole rings is 1. The molecular formula is C13H26N4. The lowest BCUT2D eigenvalue weighted by Crippen LogP contribution is -2.39. The Morgan fingerprint density at radius 3 is 2.53 bits per heavy atom. The van der Waals surface area contributed by atoms with Gasteiger partial charge in [-0.05, 0) is 12.8 Å². The van der Waals surface area contributed by atoms with Gasteiger partial charge >= 0.3 is 0 Å². The molecule has 2 N–H and O–H groups in total. The Morgan fingerprint density at radius 1 is 1.35 bits per heavy atom. The van der Waals surface area contributed by atoms with Crippen LogP contribution in [0, 0.1) is 0 Å². The van der Waals surface area contributed by atoms with Crippen molar-refractivity contribution >= 4 is 0 Å². The Hall–Kier alpha value is -0.870. The molecule has 17 heavy (non-hydrogen) atoms. The summed E-state index contributed by atoms with van der Waals surface area (Å²) in [7, 11) is 2.05. The second-order valence-corrected chi connectivity index (χ2v) is 4.50. The molecule has 4 heteroatoms. The van der Waals surface area contributed by atoms with E-state index in [0.717, 1.165) is 31.9 Å². The van der Waals surface area contributed by atoms with Gasteiger partial charge < -0.3 is 10.3 Å². The van der Waals surface area contributed by atoms with E-state index in [0.29, 0.717) is 6.04 Å². The van der Waals surface area contributed by atoms with Gasteiger partial charge in [0.15, 0.2) is 0 Å². The van der Waals surface area contributed by atoms with E-state index < -0.39 is 0 Å². The summed E-state index contributed by atoms with van der Waals surface area (Å²) < 4.78 is 2.09. The number of aromatic nitrogens is 2. The minimum Gasteiger partial charge on any atom is -0.338 e. The van der Waals surface area contributed by atoms with E-state index in [2.05, 4.69) is 28.3 Å². The Morgan fingerprint density at radius 2 is 2.06 bits per heavy atom. The molecule has 0 aromatic carbocycles. The molecule has 0 aliphatic heterocycles. The van der Waals surface area contributed by atoms with E-state index in [9.17, 15) is 0 Å². The molecule has 0 aliphatic rings. The first-order valence-electron chi connectivity index (χ1n) is 6.63. The summed E-state index contributed by atoms with van der Waals surface area (Å²) in [6, 6.07) is 0.652. The van der Waals surface area contributed by atoms with E-state index >= 15 is 0 Å². The Balaban J connectivity index is 2.52. The first kappa shape index (κ1) is 14.2. The highest BCUT2D eigenvalue weighted by Crippen LogP contribution is 2.09. The van der Waals surface area contributed by atoms with Crippen molar-refractivity contribution in [3.05, 3.63) is 18.2 Å². The van der Waals surface area contributed by atoms with Gasteiger partial charge in [-0.1, -0.05) is 13.8 Å². The average Bonchev–Trinajstić information content (AvgIpc) is 2.73. The van der Waals surface area contributed by atoms with Crippen LogP contribution in [0.1, 0.15) is 32.5 Å². The highest BCUT2D eigenvalue weighted by atomic mass is 15.2. The fraction of sp³-hybridized carbons (Fsp3) is 0.769. The van der Waals surface area contributed by atoms with Crippen LogP contribution in [0.3, 0.4) is 0 Å². The van der Waals surface area contributed by atoms with Gasteiger partial charge in [0.25, 0.3) is 0 Å². The van der Waals surface area contributed by atoms with Gasteiger partial charge in [-0.15, -0.1) is 0 Å². The summed E-state index contributed by atoms with van der Waals surface area (Å²) in [6.07, 6.45) is 7.24. The second kappa shape index (κ2) is 7.45. The maximum Gasteiger partial charge on any atom is 0.109 e. The van der Waals surface area contributed by atoms with Gasteiger partial charge in [0, 0.05) is 51.5 Å². The standard InChI is InChI=1S/C13H26N4/c1-4-12(5-2)17(10-7-14)9-6-13-15-8-11-16(13)3/h8,11-12H,4-7,9-10,14H2,1-3H3. The van der Waals surface area contributed by atoms with Gasteiger partial charge in [0.05, 0.1) is 0 Å². The molecule has 1 aromatic heterocycles. The third-order valence-electron chi connectivity index (χ3n) is 3.42. The molecule has 0 fully saturated rings. The first-order valence-corrected chi connectivity index (χ1v) is 6.63. The van der Waals surface area contributed by atoms with Crippen LogP contribution in [0.4, 0.5) is 0 Å². The zero-order chi connectivity index (χ0) is 12.7. The summed E-state index contributed by atoms with van der Waals surface area (Å²) in [4.78, 5) is 6.86. The van der Waals surface area contributed by atoms with E-state index in [-0.39, 0.29) is 0 Å². The van der Waals surface area contributed by atoms with Crippen LogP contribution in [-0.2, 0) is 13.5 Å². The Labute approximate surface area is 105 Å². The van der Waals surface area contributed by atoms with Gasteiger partial charge in [-0.2, -0.15) is 0 Å². The molecule has 0 unspecified atom stereocenters. The molecule has 0 bridgehead atoms. The molecule has 0 atom stereocenters. The lowest BCUT2D eigenvalue weighted by Gasteiger charge is -2.29. The molecule has 1 rings (SSSR count). The van der Waals surface area contributed by atoms with Crippen LogP contribution in [0.2, 0.25) is 0 Å². The van der Waals surface area contributed by atoms with Crippen molar-refractivity contribution < 1.29 is 0 Å². The van der Waals surface area contributed by atoms with Gasteiger partial charge in [-0.25, -0.2) is 4.98 Å². The summed E-state index contributed by atoms with van der Waals surface area (Å²) in [5.41, 5.74) is 5.69. The van der Waals surface area contributed by atoms with E-state index in [1.807, 2.05) is 19.4 Å². The number of nitrogens with zero attached hydrogens (tertiary/aromatic N) is 3. The van der Waals surface area contributed by atoms with Crippen molar-refractivity contribution in [3.63, 3.8) is 0 Å². The molecule has 4 nitrogen and oxygen atoms in total. The molecule has 0 spiro atoms. The highest BCUT2D eigenvalue weighted by molar-refractivity contribution is 4.92. The van der Waals surface area contributed by atoms with Crippen LogP contribution in [-0.4, -0.2) is 40.1 Å². The highest BCUT2D eigenvalue weighted by Gasteiger charge is 2.14. The molecule has 98 valence electrons. The van der Waals surface area contributed by atoms with Crippen LogP contribution in [0.5, 0.6) is 0 Å². The topological polar surface area (TPSA) is 47.1 Å². The monoisotopic (exact) mass is 238 g/mol. The van der Waals surface area contributed by atoms with Crippen molar-refractivity contribution in [1.82, 2.24) is 14.5 Å². The number of rotatable bonds is 8. The van der Waals surface area contributed by atoms with E-state index in [1.165, 1.54) is 12.8 Å². The maximum atomic E-state index is 5.69.